The molecular formula is C17H24N2O4S. The van der Waals surface area contributed by atoms with E-state index in [9.17, 15) is 14.4 Å². The molecule has 0 heterocycles. The lowest BCUT2D eigenvalue weighted by atomic mass is 10.2. The van der Waals surface area contributed by atoms with Gasteiger partial charge in [-0.15, -0.1) is 11.8 Å². The van der Waals surface area contributed by atoms with Crippen molar-refractivity contribution in [1.29, 1.82) is 0 Å². The Morgan fingerprint density at radius 3 is 2.42 bits per heavy atom. The van der Waals surface area contributed by atoms with E-state index in [1.54, 1.807) is 13.8 Å². The molecule has 0 spiro atoms. The van der Waals surface area contributed by atoms with Gasteiger partial charge in [-0.1, -0.05) is 17.7 Å². The largest absolute Gasteiger partial charge is 0.452 e. The first-order chi connectivity index (χ1) is 11.2. The molecular weight excluding hydrogens is 328 g/mol. The molecule has 6 nitrogen and oxygen atoms in total. The normalized spacial score (nSPS) is 11.8. The van der Waals surface area contributed by atoms with E-state index in [1.165, 1.54) is 18.7 Å². The maximum Gasteiger partial charge on any atom is 0.321 e. The van der Waals surface area contributed by atoms with E-state index in [2.05, 4.69) is 10.6 Å². The lowest BCUT2D eigenvalue weighted by molar-refractivity contribution is -0.151. The number of ether oxygens (including phenoxy) is 1. The van der Waals surface area contributed by atoms with Gasteiger partial charge in [0.15, 0.2) is 6.10 Å². The molecule has 1 atom stereocenters. The second-order valence-corrected chi connectivity index (χ2v) is 6.82. The first kappa shape index (κ1) is 20.0. The molecule has 7 heteroatoms. The van der Waals surface area contributed by atoms with Crippen LogP contribution in [0.5, 0.6) is 0 Å². The molecule has 1 aromatic rings. The van der Waals surface area contributed by atoms with Crippen LogP contribution in [-0.2, 0) is 14.3 Å². The SMILES string of the molecule is Cc1ccc(SCC(=O)O[C@H](C)C(=O)NC(=O)NC(C)C)c(C)c1. The molecule has 0 aromatic heterocycles. The fourth-order valence-corrected chi connectivity index (χ4v) is 2.69. The second kappa shape index (κ2) is 9.32. The molecule has 0 saturated carbocycles. The summed E-state index contributed by atoms with van der Waals surface area (Å²) in [6.45, 7) is 8.96. The van der Waals surface area contributed by atoms with Crippen LogP contribution in [0.2, 0.25) is 0 Å². The topological polar surface area (TPSA) is 84.5 Å². The van der Waals surface area contributed by atoms with Gasteiger partial charge in [-0.25, -0.2) is 4.79 Å². The Kier molecular flexibility index (Phi) is 7.78. The Bertz CT molecular complexity index is 617. The quantitative estimate of drug-likeness (QED) is 0.607. The Hall–Kier alpha value is -2.02. The number of thioether (sulfide) groups is 1. The standard InChI is InChI=1S/C17H24N2O4S/c1-10(2)18-17(22)19-16(21)13(5)23-15(20)9-24-14-7-6-11(3)8-12(14)4/h6-8,10,13H,9H2,1-5H3,(H2,18,19,21,22)/t13-/m1/s1. The van der Waals surface area contributed by atoms with Crippen LogP contribution in [0.4, 0.5) is 4.79 Å². The zero-order valence-electron chi connectivity index (χ0n) is 14.6. The molecule has 1 rings (SSSR count). The number of urea groups is 1. The maximum atomic E-state index is 11.8. The molecule has 0 aliphatic carbocycles. The van der Waals surface area contributed by atoms with E-state index in [4.69, 9.17) is 4.74 Å². The number of carbonyl (C=O) groups is 3. The molecule has 0 saturated heterocycles. The molecule has 0 unspecified atom stereocenters. The van der Waals surface area contributed by atoms with Crippen molar-refractivity contribution in [3.8, 4) is 0 Å². The van der Waals surface area contributed by atoms with E-state index in [0.29, 0.717) is 0 Å². The summed E-state index contributed by atoms with van der Waals surface area (Å²) in [5.74, 6) is -1.07. The predicted octanol–water partition coefficient (Wildman–Crippen LogP) is 2.56. The summed E-state index contributed by atoms with van der Waals surface area (Å²) < 4.78 is 5.05. The summed E-state index contributed by atoms with van der Waals surface area (Å²) in [5.41, 5.74) is 2.24. The molecule has 1 aromatic carbocycles. The van der Waals surface area contributed by atoms with Gasteiger partial charge in [-0.2, -0.15) is 0 Å². The van der Waals surface area contributed by atoms with Gasteiger partial charge in [0.25, 0.3) is 5.91 Å². The Balaban J connectivity index is 2.43. The zero-order chi connectivity index (χ0) is 18.3. The predicted molar refractivity (Wildman–Crippen MR) is 94.0 cm³/mol. The molecule has 132 valence electrons. The van der Waals surface area contributed by atoms with Crippen molar-refractivity contribution in [2.45, 2.75) is 51.7 Å². The number of nitrogens with one attached hydrogen (secondary N) is 2. The average Bonchev–Trinajstić information content (AvgIpc) is 2.45. The van der Waals surface area contributed by atoms with Crippen molar-refractivity contribution < 1.29 is 19.1 Å². The summed E-state index contributed by atoms with van der Waals surface area (Å²) in [6.07, 6.45) is -1.03. The minimum atomic E-state index is -1.03. The van der Waals surface area contributed by atoms with E-state index in [1.807, 2.05) is 32.0 Å². The summed E-state index contributed by atoms with van der Waals surface area (Å²) in [6, 6.07) is 5.27. The molecule has 0 bridgehead atoms. The number of esters is 1. The Morgan fingerprint density at radius 2 is 1.83 bits per heavy atom. The first-order valence-electron chi connectivity index (χ1n) is 7.70. The summed E-state index contributed by atoms with van der Waals surface area (Å²) in [7, 11) is 0. The van der Waals surface area contributed by atoms with E-state index in [0.717, 1.165) is 16.0 Å². The number of hydrogen-bond acceptors (Lipinski definition) is 5. The molecule has 0 fully saturated rings. The smallest absolute Gasteiger partial charge is 0.321 e. The number of aryl methyl sites for hydroxylation is 2. The van der Waals surface area contributed by atoms with Crippen molar-refractivity contribution in [2.75, 3.05) is 5.75 Å². The minimum Gasteiger partial charge on any atom is -0.452 e. The van der Waals surface area contributed by atoms with Crippen LogP contribution >= 0.6 is 11.8 Å². The highest BCUT2D eigenvalue weighted by molar-refractivity contribution is 8.00. The van der Waals surface area contributed by atoms with Crippen LogP contribution in [0, 0.1) is 13.8 Å². The molecule has 0 aliphatic rings. The van der Waals surface area contributed by atoms with Crippen LogP contribution in [-0.4, -0.2) is 35.8 Å². The van der Waals surface area contributed by atoms with Gasteiger partial charge < -0.3 is 10.1 Å². The number of benzene rings is 1. The van der Waals surface area contributed by atoms with Gasteiger partial charge in [-0.05, 0) is 46.2 Å². The first-order valence-corrected chi connectivity index (χ1v) is 8.68. The van der Waals surface area contributed by atoms with Crippen molar-refractivity contribution in [1.82, 2.24) is 10.6 Å². The van der Waals surface area contributed by atoms with E-state index < -0.39 is 24.0 Å². The fraction of sp³-hybridized carbons (Fsp3) is 0.471. The van der Waals surface area contributed by atoms with Crippen LogP contribution < -0.4 is 10.6 Å². The van der Waals surface area contributed by atoms with Crippen LogP contribution in [0.25, 0.3) is 0 Å². The highest BCUT2D eigenvalue weighted by atomic mass is 32.2. The van der Waals surface area contributed by atoms with Crippen molar-refractivity contribution in [3.63, 3.8) is 0 Å². The molecule has 2 N–H and O–H groups in total. The Labute approximate surface area is 146 Å². The average molecular weight is 352 g/mol. The van der Waals surface area contributed by atoms with Gasteiger partial charge >= 0.3 is 12.0 Å². The Morgan fingerprint density at radius 1 is 1.17 bits per heavy atom. The minimum absolute atomic E-state index is 0.0928. The third-order valence-corrected chi connectivity index (χ3v) is 4.16. The van der Waals surface area contributed by atoms with Crippen molar-refractivity contribution in [2.24, 2.45) is 0 Å². The number of carbonyl (C=O) groups excluding carboxylic acids is 3. The van der Waals surface area contributed by atoms with Gasteiger partial charge in [0.1, 0.15) is 0 Å². The molecule has 0 aliphatic heterocycles. The third-order valence-electron chi connectivity index (χ3n) is 3.01. The van der Waals surface area contributed by atoms with Crippen LogP contribution in [0.3, 0.4) is 0 Å². The second-order valence-electron chi connectivity index (χ2n) is 5.81. The summed E-state index contributed by atoms with van der Waals surface area (Å²) in [4.78, 5) is 36.1. The number of rotatable bonds is 6. The number of amides is 3. The van der Waals surface area contributed by atoms with Gasteiger partial charge in [0, 0.05) is 10.9 Å². The van der Waals surface area contributed by atoms with Crippen molar-refractivity contribution >= 4 is 29.7 Å². The zero-order valence-corrected chi connectivity index (χ0v) is 15.5. The van der Waals surface area contributed by atoms with Crippen molar-refractivity contribution in [3.05, 3.63) is 29.3 Å². The van der Waals surface area contributed by atoms with Crippen LogP contribution in [0.15, 0.2) is 23.1 Å². The monoisotopic (exact) mass is 352 g/mol. The highest BCUT2D eigenvalue weighted by Gasteiger charge is 2.20. The van der Waals surface area contributed by atoms with Gasteiger partial charge in [-0.3, -0.25) is 14.9 Å². The third kappa shape index (κ3) is 7.04. The fourth-order valence-electron chi connectivity index (χ4n) is 1.89. The summed E-state index contributed by atoms with van der Waals surface area (Å²) >= 11 is 1.35. The molecule has 24 heavy (non-hydrogen) atoms. The number of hydrogen-bond donors (Lipinski definition) is 2. The lowest BCUT2D eigenvalue weighted by Crippen LogP contribution is -2.46. The highest BCUT2D eigenvalue weighted by Crippen LogP contribution is 2.23. The van der Waals surface area contributed by atoms with Gasteiger partial charge in [0.05, 0.1) is 5.75 Å². The lowest BCUT2D eigenvalue weighted by Gasteiger charge is -2.14. The van der Waals surface area contributed by atoms with Crippen LogP contribution in [0.1, 0.15) is 31.9 Å². The van der Waals surface area contributed by atoms with E-state index >= 15 is 0 Å². The number of imide groups is 1. The maximum absolute atomic E-state index is 11.8. The van der Waals surface area contributed by atoms with Gasteiger partial charge in [0.2, 0.25) is 0 Å². The molecule has 3 amide bonds. The molecule has 0 radical (unpaired) electrons. The van der Waals surface area contributed by atoms with E-state index in [-0.39, 0.29) is 11.8 Å². The summed E-state index contributed by atoms with van der Waals surface area (Å²) in [5, 5.41) is 4.66.